The number of benzene rings is 1. The van der Waals surface area contributed by atoms with Crippen molar-refractivity contribution >= 4 is 21.6 Å². The summed E-state index contributed by atoms with van der Waals surface area (Å²) in [7, 11) is -3.55. The second-order valence-corrected chi connectivity index (χ2v) is 9.25. The summed E-state index contributed by atoms with van der Waals surface area (Å²) < 4.78 is 28.1. The third-order valence-corrected chi connectivity index (χ3v) is 7.67. The fourth-order valence-electron chi connectivity index (χ4n) is 3.67. The van der Waals surface area contributed by atoms with E-state index in [1.807, 2.05) is 12.1 Å². The topological polar surface area (TPSA) is 53.5 Å². The van der Waals surface area contributed by atoms with Gasteiger partial charge in [0.25, 0.3) is 0 Å². The molecule has 27 heavy (non-hydrogen) atoms. The van der Waals surface area contributed by atoms with Gasteiger partial charge in [-0.05, 0) is 61.7 Å². The van der Waals surface area contributed by atoms with Crippen LogP contribution in [0, 0.1) is 6.92 Å². The average Bonchev–Trinajstić information content (AvgIpc) is 2.69. The molecule has 1 aromatic heterocycles. The molecular weight excluding hydrogens is 382 g/mol. The Kier molecular flexibility index (Phi) is 6.52. The van der Waals surface area contributed by atoms with Gasteiger partial charge in [0.05, 0.1) is 4.90 Å². The minimum atomic E-state index is -3.55. The standard InChI is InChI=1S/C20H26ClN3O2S/c1-3-23(14-17-9-11-22-12-10-17)18-6-5-13-24(15-18)27(25,26)20-8-4-7-19(21)16(20)2/h4,7-12,18H,3,5-6,13-15H2,1-2H3/t18-/m1/s1. The summed E-state index contributed by atoms with van der Waals surface area (Å²) in [5.41, 5.74) is 1.81. The molecule has 7 heteroatoms. The van der Waals surface area contributed by atoms with E-state index in [4.69, 9.17) is 11.6 Å². The van der Waals surface area contributed by atoms with Crippen molar-refractivity contribution in [3.8, 4) is 0 Å². The van der Waals surface area contributed by atoms with Crippen LogP contribution in [0.25, 0.3) is 0 Å². The lowest BCUT2D eigenvalue weighted by atomic mass is 10.1. The molecule has 1 atom stereocenters. The minimum absolute atomic E-state index is 0.200. The molecule has 1 fully saturated rings. The Balaban J connectivity index is 1.79. The van der Waals surface area contributed by atoms with Crippen LogP contribution in [-0.2, 0) is 16.6 Å². The Morgan fingerprint density at radius 3 is 2.70 bits per heavy atom. The van der Waals surface area contributed by atoms with Crippen molar-refractivity contribution in [3.05, 3.63) is 58.9 Å². The number of halogens is 1. The maximum atomic E-state index is 13.2. The van der Waals surface area contributed by atoms with Gasteiger partial charge in [0, 0.05) is 43.1 Å². The Bertz CT molecular complexity index is 874. The molecule has 0 saturated carbocycles. The van der Waals surface area contributed by atoms with Crippen molar-refractivity contribution in [1.82, 2.24) is 14.2 Å². The zero-order chi connectivity index (χ0) is 19.4. The van der Waals surface area contributed by atoms with Crippen molar-refractivity contribution in [3.63, 3.8) is 0 Å². The summed E-state index contributed by atoms with van der Waals surface area (Å²) in [4.78, 5) is 6.73. The fraction of sp³-hybridized carbons (Fsp3) is 0.450. The van der Waals surface area contributed by atoms with Crippen LogP contribution in [0.5, 0.6) is 0 Å². The second kappa shape index (κ2) is 8.69. The van der Waals surface area contributed by atoms with Crippen LogP contribution in [0.15, 0.2) is 47.6 Å². The molecule has 0 amide bonds. The molecule has 0 radical (unpaired) electrons. The van der Waals surface area contributed by atoms with Gasteiger partial charge in [0.15, 0.2) is 0 Å². The van der Waals surface area contributed by atoms with Gasteiger partial charge in [-0.3, -0.25) is 9.88 Å². The molecule has 0 spiro atoms. The van der Waals surface area contributed by atoms with E-state index < -0.39 is 10.0 Å². The fourth-order valence-corrected chi connectivity index (χ4v) is 5.66. The van der Waals surface area contributed by atoms with E-state index in [0.29, 0.717) is 28.6 Å². The predicted octanol–water partition coefficient (Wildman–Crippen LogP) is 3.72. The number of sulfonamides is 1. The van der Waals surface area contributed by atoms with Gasteiger partial charge in [-0.25, -0.2) is 8.42 Å². The minimum Gasteiger partial charge on any atom is -0.295 e. The van der Waals surface area contributed by atoms with Crippen molar-refractivity contribution in [2.24, 2.45) is 0 Å². The zero-order valence-electron chi connectivity index (χ0n) is 15.8. The summed E-state index contributed by atoms with van der Waals surface area (Å²) >= 11 is 6.15. The number of hydrogen-bond donors (Lipinski definition) is 0. The number of piperidine rings is 1. The quantitative estimate of drug-likeness (QED) is 0.732. The molecule has 2 heterocycles. The van der Waals surface area contributed by atoms with Crippen LogP contribution in [0.1, 0.15) is 30.9 Å². The van der Waals surface area contributed by atoms with E-state index in [9.17, 15) is 8.42 Å². The van der Waals surface area contributed by atoms with Crippen molar-refractivity contribution in [2.45, 2.75) is 44.2 Å². The van der Waals surface area contributed by atoms with E-state index >= 15 is 0 Å². The molecule has 1 aromatic carbocycles. The number of pyridine rings is 1. The van der Waals surface area contributed by atoms with Gasteiger partial charge in [0.2, 0.25) is 10.0 Å². The molecule has 1 saturated heterocycles. The molecule has 0 aliphatic carbocycles. The summed E-state index contributed by atoms with van der Waals surface area (Å²) in [5, 5.41) is 0.484. The van der Waals surface area contributed by atoms with Crippen LogP contribution in [0.4, 0.5) is 0 Å². The van der Waals surface area contributed by atoms with E-state index in [0.717, 1.165) is 25.9 Å². The summed E-state index contributed by atoms with van der Waals surface area (Å²) in [6.45, 7) is 6.61. The van der Waals surface area contributed by atoms with Gasteiger partial charge in [-0.2, -0.15) is 4.31 Å². The zero-order valence-corrected chi connectivity index (χ0v) is 17.4. The summed E-state index contributed by atoms with van der Waals surface area (Å²) in [5.74, 6) is 0. The Morgan fingerprint density at radius 1 is 1.26 bits per heavy atom. The van der Waals surface area contributed by atoms with E-state index in [1.54, 1.807) is 41.8 Å². The van der Waals surface area contributed by atoms with Gasteiger partial charge in [-0.1, -0.05) is 24.6 Å². The molecule has 2 aromatic rings. The van der Waals surface area contributed by atoms with E-state index in [2.05, 4.69) is 16.8 Å². The smallest absolute Gasteiger partial charge is 0.243 e. The maximum Gasteiger partial charge on any atom is 0.243 e. The van der Waals surface area contributed by atoms with Crippen molar-refractivity contribution in [1.29, 1.82) is 0 Å². The van der Waals surface area contributed by atoms with Gasteiger partial charge in [0.1, 0.15) is 0 Å². The van der Waals surface area contributed by atoms with Gasteiger partial charge in [-0.15, -0.1) is 0 Å². The van der Waals surface area contributed by atoms with Gasteiger partial charge >= 0.3 is 0 Å². The van der Waals surface area contributed by atoms with Crippen LogP contribution < -0.4 is 0 Å². The highest BCUT2D eigenvalue weighted by atomic mass is 35.5. The SMILES string of the molecule is CCN(Cc1ccncc1)[C@@H]1CCCN(S(=O)(=O)c2cccc(Cl)c2C)C1. The van der Waals surface area contributed by atoms with Gasteiger partial charge < -0.3 is 0 Å². The number of hydrogen-bond acceptors (Lipinski definition) is 4. The Hall–Kier alpha value is -1.47. The second-order valence-electron chi connectivity index (χ2n) is 6.94. The summed E-state index contributed by atoms with van der Waals surface area (Å²) in [6, 6.07) is 9.29. The highest BCUT2D eigenvalue weighted by Crippen LogP contribution is 2.28. The highest BCUT2D eigenvalue weighted by Gasteiger charge is 2.33. The number of aromatic nitrogens is 1. The third-order valence-electron chi connectivity index (χ3n) is 5.25. The molecule has 3 rings (SSSR count). The van der Waals surface area contributed by atoms with Crippen molar-refractivity contribution in [2.75, 3.05) is 19.6 Å². The van der Waals surface area contributed by atoms with Crippen molar-refractivity contribution < 1.29 is 8.42 Å². The molecule has 5 nitrogen and oxygen atoms in total. The molecule has 146 valence electrons. The molecule has 1 aliphatic rings. The van der Waals surface area contributed by atoms with E-state index in [1.165, 1.54) is 5.56 Å². The first-order valence-electron chi connectivity index (χ1n) is 9.31. The number of nitrogens with zero attached hydrogens (tertiary/aromatic N) is 3. The normalized spacial score (nSPS) is 18.7. The molecular formula is C20H26ClN3O2S. The van der Waals surface area contributed by atoms with Crippen LogP contribution in [0.2, 0.25) is 5.02 Å². The lowest BCUT2D eigenvalue weighted by molar-refractivity contribution is 0.134. The summed E-state index contributed by atoms with van der Waals surface area (Å²) in [6.07, 6.45) is 5.45. The largest absolute Gasteiger partial charge is 0.295 e. The predicted molar refractivity (Wildman–Crippen MR) is 108 cm³/mol. The first-order valence-corrected chi connectivity index (χ1v) is 11.1. The Morgan fingerprint density at radius 2 is 2.00 bits per heavy atom. The van der Waals surface area contributed by atoms with Crippen LogP contribution >= 0.6 is 11.6 Å². The lowest BCUT2D eigenvalue weighted by Gasteiger charge is -2.38. The maximum absolute atomic E-state index is 13.2. The van der Waals surface area contributed by atoms with Crippen LogP contribution in [0.3, 0.4) is 0 Å². The number of rotatable bonds is 6. The van der Waals surface area contributed by atoms with Crippen LogP contribution in [-0.4, -0.2) is 48.3 Å². The third kappa shape index (κ3) is 4.51. The molecule has 1 aliphatic heterocycles. The lowest BCUT2D eigenvalue weighted by Crippen LogP contribution is -2.49. The average molecular weight is 408 g/mol. The highest BCUT2D eigenvalue weighted by molar-refractivity contribution is 7.89. The number of likely N-dealkylation sites (N-methyl/N-ethyl adjacent to an activating group) is 1. The monoisotopic (exact) mass is 407 g/mol. The molecule has 0 unspecified atom stereocenters. The molecule has 0 N–H and O–H groups in total. The molecule has 0 bridgehead atoms. The Labute approximate surface area is 167 Å². The first kappa shape index (κ1) is 20.3. The first-order chi connectivity index (χ1) is 12.9. The van der Waals surface area contributed by atoms with E-state index in [-0.39, 0.29) is 6.04 Å².